The highest BCUT2D eigenvalue weighted by Gasteiger charge is 2.07. The molecule has 1 heterocycles. The van der Waals surface area contributed by atoms with Crippen molar-refractivity contribution >= 4 is 11.7 Å². The second-order valence-corrected chi connectivity index (χ2v) is 5.42. The van der Waals surface area contributed by atoms with Crippen LogP contribution in [0.3, 0.4) is 0 Å². The number of rotatable bonds is 6. The van der Waals surface area contributed by atoms with E-state index in [-0.39, 0.29) is 5.95 Å². The number of benzene rings is 2. The van der Waals surface area contributed by atoms with E-state index in [1.807, 2.05) is 73.8 Å². The lowest BCUT2D eigenvalue weighted by atomic mass is 10.1. The Kier molecular flexibility index (Phi) is 5.39. The molecule has 1 aromatic heterocycles. The van der Waals surface area contributed by atoms with Gasteiger partial charge in [0.2, 0.25) is 5.95 Å². The largest absolute Gasteiger partial charge is 0.457 e. The molecule has 0 atom stereocenters. The molecule has 0 radical (unpaired) electrons. The Hall–Kier alpha value is -3.18. The van der Waals surface area contributed by atoms with Gasteiger partial charge in [-0.05, 0) is 31.3 Å². The summed E-state index contributed by atoms with van der Waals surface area (Å²) in [5, 5.41) is 3.11. The van der Waals surface area contributed by atoms with Crippen molar-refractivity contribution in [3.05, 3.63) is 78.5 Å². The van der Waals surface area contributed by atoms with Crippen LogP contribution >= 0.6 is 0 Å². The number of nitrogens with zero attached hydrogens (tertiary/aromatic N) is 2. The molecular formula is C20H20N4O. The number of anilines is 1. The van der Waals surface area contributed by atoms with Crippen molar-refractivity contribution in [2.75, 3.05) is 19.3 Å². The van der Waals surface area contributed by atoms with Crippen LogP contribution in [0.1, 0.15) is 5.56 Å². The molecule has 3 rings (SSSR count). The zero-order valence-corrected chi connectivity index (χ0v) is 14.0. The van der Waals surface area contributed by atoms with Crippen molar-refractivity contribution in [2.45, 2.75) is 0 Å². The van der Waals surface area contributed by atoms with Gasteiger partial charge in [-0.3, -0.25) is 0 Å². The third-order valence-electron chi connectivity index (χ3n) is 3.58. The number of nitrogen functional groups attached to an aromatic ring is 1. The summed E-state index contributed by atoms with van der Waals surface area (Å²) in [6.45, 7) is 0.715. The summed E-state index contributed by atoms with van der Waals surface area (Å²) in [5.74, 6) is 1.79. The molecule has 0 aliphatic rings. The topological polar surface area (TPSA) is 73.1 Å². The molecule has 3 N–H and O–H groups in total. The molecule has 0 saturated carbocycles. The molecule has 126 valence electrons. The number of nitrogens with two attached hydrogens (primary N) is 1. The van der Waals surface area contributed by atoms with Crippen molar-refractivity contribution in [3.63, 3.8) is 0 Å². The highest BCUT2D eigenvalue weighted by atomic mass is 16.5. The highest BCUT2D eigenvalue weighted by Crippen LogP contribution is 2.26. The van der Waals surface area contributed by atoms with Crippen molar-refractivity contribution in [2.24, 2.45) is 0 Å². The number of likely N-dealkylation sites (N-methyl/N-ethyl adjacent to an activating group) is 1. The van der Waals surface area contributed by atoms with E-state index < -0.39 is 0 Å². The quantitative estimate of drug-likeness (QED) is 0.677. The molecule has 0 bridgehead atoms. The molecular weight excluding hydrogens is 312 g/mol. The maximum absolute atomic E-state index is 6.14. The van der Waals surface area contributed by atoms with E-state index in [2.05, 4.69) is 15.3 Å². The minimum Gasteiger partial charge on any atom is -0.457 e. The molecule has 0 unspecified atom stereocenters. The van der Waals surface area contributed by atoms with Crippen LogP contribution in [0.4, 0.5) is 5.95 Å². The van der Waals surface area contributed by atoms with E-state index in [4.69, 9.17) is 10.5 Å². The molecule has 0 fully saturated rings. The fourth-order valence-electron chi connectivity index (χ4n) is 2.40. The first kappa shape index (κ1) is 16.7. The smallest absolute Gasteiger partial charge is 0.220 e. The fourth-order valence-corrected chi connectivity index (χ4v) is 2.40. The normalized spacial score (nSPS) is 11.3. The lowest BCUT2D eigenvalue weighted by Crippen LogP contribution is -2.07. The average molecular weight is 332 g/mol. The third kappa shape index (κ3) is 4.43. The van der Waals surface area contributed by atoms with E-state index in [1.165, 1.54) is 0 Å². The fraction of sp³-hybridized carbons (Fsp3) is 0.100. The predicted octanol–water partition coefficient (Wildman–Crippen LogP) is 3.37. The first-order valence-electron chi connectivity index (χ1n) is 8.03. The molecule has 5 heteroatoms. The number of aromatic nitrogens is 2. The molecule has 0 aliphatic heterocycles. The first-order valence-corrected chi connectivity index (χ1v) is 8.03. The van der Waals surface area contributed by atoms with Gasteiger partial charge in [0.1, 0.15) is 11.5 Å². The molecule has 0 aliphatic carbocycles. The SMILES string of the molecule is CNC/C=C(/Oc1cccc(-c2ccnc(N)n2)c1)c1ccccc1. The third-order valence-corrected chi connectivity index (χ3v) is 3.58. The summed E-state index contributed by atoms with van der Waals surface area (Å²) in [5.41, 5.74) is 8.38. The van der Waals surface area contributed by atoms with Crippen LogP contribution in [0, 0.1) is 0 Å². The van der Waals surface area contributed by atoms with Crippen LogP contribution in [0.2, 0.25) is 0 Å². The second-order valence-electron chi connectivity index (χ2n) is 5.42. The zero-order valence-electron chi connectivity index (χ0n) is 14.0. The Labute approximate surface area is 147 Å². The van der Waals surface area contributed by atoms with Gasteiger partial charge in [0.25, 0.3) is 0 Å². The van der Waals surface area contributed by atoms with E-state index >= 15 is 0 Å². The van der Waals surface area contributed by atoms with Gasteiger partial charge in [0.05, 0.1) is 5.69 Å². The zero-order chi connectivity index (χ0) is 17.5. The van der Waals surface area contributed by atoms with Gasteiger partial charge in [-0.2, -0.15) is 0 Å². The van der Waals surface area contributed by atoms with Gasteiger partial charge >= 0.3 is 0 Å². The van der Waals surface area contributed by atoms with Gasteiger partial charge in [-0.1, -0.05) is 42.5 Å². The standard InChI is InChI=1S/C20H20N4O/c1-22-12-11-19(15-6-3-2-4-7-15)25-17-9-5-8-16(14-17)18-10-13-23-20(21)24-18/h2-11,13-14,22H,12H2,1H3,(H2,21,23,24)/b19-11+. The van der Waals surface area contributed by atoms with Crippen molar-refractivity contribution in [1.82, 2.24) is 15.3 Å². The highest BCUT2D eigenvalue weighted by molar-refractivity contribution is 5.65. The maximum Gasteiger partial charge on any atom is 0.220 e. The number of hydrogen-bond donors (Lipinski definition) is 2. The van der Waals surface area contributed by atoms with Gasteiger partial charge < -0.3 is 15.8 Å². The van der Waals surface area contributed by atoms with E-state index in [0.717, 1.165) is 28.3 Å². The average Bonchev–Trinajstić information content (AvgIpc) is 2.66. The lowest BCUT2D eigenvalue weighted by molar-refractivity contribution is 0.513. The monoisotopic (exact) mass is 332 g/mol. The lowest BCUT2D eigenvalue weighted by Gasteiger charge is -2.12. The van der Waals surface area contributed by atoms with Gasteiger partial charge in [0, 0.05) is 23.9 Å². The second kappa shape index (κ2) is 8.08. The minimum absolute atomic E-state index is 0.253. The molecule has 0 saturated heterocycles. The summed E-state index contributed by atoms with van der Waals surface area (Å²) in [6, 6.07) is 19.6. The summed E-state index contributed by atoms with van der Waals surface area (Å²) >= 11 is 0. The van der Waals surface area contributed by atoms with Crippen LogP contribution in [-0.2, 0) is 0 Å². The molecule has 5 nitrogen and oxygen atoms in total. The molecule has 0 amide bonds. The van der Waals surface area contributed by atoms with Crippen molar-refractivity contribution in [1.29, 1.82) is 0 Å². The first-order chi connectivity index (χ1) is 12.3. The van der Waals surface area contributed by atoms with Crippen LogP contribution in [0.15, 0.2) is 72.9 Å². The Morgan fingerprint density at radius 1 is 1.12 bits per heavy atom. The van der Waals surface area contributed by atoms with Gasteiger partial charge in [-0.25, -0.2) is 9.97 Å². The predicted molar refractivity (Wildman–Crippen MR) is 101 cm³/mol. The van der Waals surface area contributed by atoms with Gasteiger partial charge in [-0.15, -0.1) is 0 Å². The van der Waals surface area contributed by atoms with Crippen molar-refractivity contribution in [3.8, 4) is 17.0 Å². The number of ether oxygens (including phenoxy) is 1. The van der Waals surface area contributed by atoms with Crippen LogP contribution < -0.4 is 15.8 Å². The Balaban J connectivity index is 1.89. The van der Waals surface area contributed by atoms with Crippen LogP contribution in [0.5, 0.6) is 5.75 Å². The summed E-state index contributed by atoms with van der Waals surface area (Å²) in [4.78, 5) is 8.19. The molecule has 3 aromatic rings. The summed E-state index contributed by atoms with van der Waals surface area (Å²) in [7, 11) is 1.90. The van der Waals surface area contributed by atoms with Crippen LogP contribution in [0.25, 0.3) is 17.0 Å². The van der Waals surface area contributed by atoms with E-state index in [0.29, 0.717) is 6.54 Å². The Morgan fingerprint density at radius 3 is 2.72 bits per heavy atom. The van der Waals surface area contributed by atoms with Crippen LogP contribution in [-0.4, -0.2) is 23.6 Å². The minimum atomic E-state index is 0.253. The van der Waals surface area contributed by atoms with E-state index in [9.17, 15) is 0 Å². The molecule has 2 aromatic carbocycles. The molecule has 0 spiro atoms. The summed E-state index contributed by atoms with van der Waals surface area (Å²) < 4.78 is 6.14. The molecule has 25 heavy (non-hydrogen) atoms. The summed E-state index contributed by atoms with van der Waals surface area (Å²) in [6.07, 6.45) is 3.66. The Bertz CT molecular complexity index is 862. The van der Waals surface area contributed by atoms with E-state index in [1.54, 1.807) is 6.20 Å². The number of hydrogen-bond acceptors (Lipinski definition) is 5. The maximum atomic E-state index is 6.14. The van der Waals surface area contributed by atoms with Gasteiger partial charge in [0.15, 0.2) is 0 Å². The number of nitrogens with one attached hydrogen (secondary N) is 1. The Morgan fingerprint density at radius 2 is 1.96 bits per heavy atom. The van der Waals surface area contributed by atoms with Crippen molar-refractivity contribution < 1.29 is 4.74 Å².